The maximum absolute atomic E-state index is 11.4. The van der Waals surface area contributed by atoms with Crippen LogP contribution in [0.15, 0.2) is 0 Å². The van der Waals surface area contributed by atoms with Crippen molar-refractivity contribution in [3.8, 4) is 0 Å². The van der Waals surface area contributed by atoms with Crippen LogP contribution in [0, 0.1) is 0 Å². The fourth-order valence-electron chi connectivity index (χ4n) is 0.929. The van der Waals surface area contributed by atoms with Gasteiger partial charge in [0.1, 0.15) is 0 Å². The predicted octanol–water partition coefficient (Wildman–Crippen LogP) is -1.96. The highest BCUT2D eigenvalue weighted by Gasteiger charge is 2.27. The average Bonchev–Trinajstić information content (AvgIpc) is 2.25. The molecule has 0 saturated carbocycles. The van der Waals surface area contributed by atoms with E-state index in [1.165, 1.54) is 6.92 Å². The molecule has 7 heteroatoms. The first kappa shape index (κ1) is 14.8. The van der Waals surface area contributed by atoms with Crippen LogP contribution in [0.4, 0.5) is 0 Å². The van der Waals surface area contributed by atoms with E-state index in [1.54, 1.807) is 0 Å². The van der Waals surface area contributed by atoms with Gasteiger partial charge in [-0.15, -0.1) is 0 Å². The fraction of sp³-hybridized carbons (Fsp3) is 0.778. The molecule has 0 saturated heterocycles. The molecule has 94 valence electrons. The third kappa shape index (κ3) is 5.06. The quantitative estimate of drug-likeness (QED) is 0.347. The summed E-state index contributed by atoms with van der Waals surface area (Å²) in [7, 11) is 0. The second-order valence-corrected chi connectivity index (χ2v) is 3.91. The van der Waals surface area contributed by atoms with E-state index in [0.29, 0.717) is 0 Å². The van der Waals surface area contributed by atoms with Gasteiger partial charge in [-0.05, 0) is 13.3 Å². The minimum absolute atomic E-state index is 0.00804. The molecule has 1 unspecified atom stereocenters. The van der Waals surface area contributed by atoms with Crippen LogP contribution in [0.3, 0.4) is 0 Å². The molecule has 6 N–H and O–H groups in total. The van der Waals surface area contributed by atoms with Crippen LogP contribution in [-0.2, 0) is 9.59 Å². The molecule has 0 aromatic rings. The van der Waals surface area contributed by atoms with Crippen molar-refractivity contribution in [2.45, 2.75) is 31.3 Å². The molecule has 0 aromatic carbocycles. The summed E-state index contributed by atoms with van der Waals surface area (Å²) in [6.07, 6.45) is -0.197. The zero-order valence-electron chi connectivity index (χ0n) is 9.14. The highest BCUT2D eigenvalue weighted by atomic mass is 16.4. The third-order valence-electron chi connectivity index (χ3n) is 2.13. The van der Waals surface area contributed by atoms with Crippen LogP contribution in [-0.4, -0.2) is 52.0 Å². The lowest BCUT2D eigenvalue weighted by Gasteiger charge is -2.27. The summed E-state index contributed by atoms with van der Waals surface area (Å²) in [6.45, 7) is 0.594. The zero-order chi connectivity index (χ0) is 12.8. The minimum atomic E-state index is -1.14. The van der Waals surface area contributed by atoms with E-state index in [1.807, 2.05) is 0 Å². The Bertz CT molecular complexity index is 252. The summed E-state index contributed by atoms with van der Waals surface area (Å²) < 4.78 is 0. The zero-order valence-corrected chi connectivity index (χ0v) is 9.14. The summed E-state index contributed by atoms with van der Waals surface area (Å²) >= 11 is 0. The SMILES string of the molecule is CC(CO)(CO)NC(=O)C(N)CCC(=O)O. The number of carboxylic acids is 1. The maximum Gasteiger partial charge on any atom is 0.303 e. The van der Waals surface area contributed by atoms with Crippen molar-refractivity contribution >= 4 is 11.9 Å². The van der Waals surface area contributed by atoms with Gasteiger partial charge in [0.15, 0.2) is 0 Å². The van der Waals surface area contributed by atoms with Crippen molar-refractivity contribution in [1.29, 1.82) is 0 Å². The van der Waals surface area contributed by atoms with E-state index in [4.69, 9.17) is 21.1 Å². The molecule has 0 fully saturated rings. The van der Waals surface area contributed by atoms with Crippen LogP contribution < -0.4 is 11.1 Å². The Hall–Kier alpha value is -1.18. The number of nitrogens with two attached hydrogens (primary N) is 1. The van der Waals surface area contributed by atoms with Crippen LogP contribution in [0.2, 0.25) is 0 Å². The molecular formula is C9H18N2O5. The standard InChI is InChI=1S/C9H18N2O5/c1-9(4-12,5-13)11-8(16)6(10)2-3-7(14)15/h6,12-13H,2-5,10H2,1H3,(H,11,16)(H,14,15). The summed E-state index contributed by atoms with van der Waals surface area (Å²) in [5.74, 6) is -1.62. The predicted molar refractivity (Wildman–Crippen MR) is 55.6 cm³/mol. The first-order valence-electron chi connectivity index (χ1n) is 4.86. The topological polar surface area (TPSA) is 133 Å². The molecule has 0 spiro atoms. The number of hydrogen-bond acceptors (Lipinski definition) is 5. The van der Waals surface area contributed by atoms with E-state index >= 15 is 0 Å². The van der Waals surface area contributed by atoms with Crippen LogP contribution in [0.25, 0.3) is 0 Å². The van der Waals surface area contributed by atoms with E-state index < -0.39 is 36.7 Å². The number of amides is 1. The molecule has 1 amide bonds. The lowest BCUT2D eigenvalue weighted by molar-refractivity contribution is -0.137. The number of aliphatic hydroxyl groups excluding tert-OH is 2. The molecule has 7 nitrogen and oxygen atoms in total. The van der Waals surface area contributed by atoms with E-state index in [9.17, 15) is 9.59 Å². The van der Waals surface area contributed by atoms with Crippen molar-refractivity contribution in [1.82, 2.24) is 5.32 Å². The van der Waals surface area contributed by atoms with Crippen molar-refractivity contribution in [3.05, 3.63) is 0 Å². The molecule has 0 bridgehead atoms. The van der Waals surface area contributed by atoms with Gasteiger partial charge in [-0.25, -0.2) is 0 Å². The average molecular weight is 234 g/mol. The first-order chi connectivity index (χ1) is 7.34. The minimum Gasteiger partial charge on any atom is -0.481 e. The first-order valence-corrected chi connectivity index (χ1v) is 4.86. The molecule has 0 aliphatic heterocycles. The van der Waals surface area contributed by atoms with Gasteiger partial charge in [0, 0.05) is 6.42 Å². The van der Waals surface area contributed by atoms with Crippen molar-refractivity contribution in [3.63, 3.8) is 0 Å². The van der Waals surface area contributed by atoms with Crippen LogP contribution in [0.1, 0.15) is 19.8 Å². The Labute approximate surface area is 93.3 Å². The van der Waals surface area contributed by atoms with Crippen molar-refractivity contribution < 1.29 is 24.9 Å². The Kier molecular flexibility index (Phi) is 5.94. The molecule has 0 radical (unpaired) electrons. The van der Waals surface area contributed by atoms with Crippen LogP contribution in [0.5, 0.6) is 0 Å². The molecular weight excluding hydrogens is 216 g/mol. The number of carbonyl (C=O) groups is 2. The number of rotatable bonds is 7. The highest BCUT2D eigenvalue weighted by Crippen LogP contribution is 2.03. The summed E-state index contributed by atoms with van der Waals surface area (Å²) in [6, 6.07) is -0.964. The molecule has 16 heavy (non-hydrogen) atoms. The van der Waals surface area contributed by atoms with Gasteiger partial charge in [-0.3, -0.25) is 9.59 Å². The number of aliphatic carboxylic acids is 1. The second kappa shape index (κ2) is 6.41. The smallest absolute Gasteiger partial charge is 0.303 e. The van der Waals surface area contributed by atoms with Crippen molar-refractivity contribution in [2.75, 3.05) is 13.2 Å². The number of carbonyl (C=O) groups excluding carboxylic acids is 1. The number of aliphatic hydroxyl groups is 2. The maximum atomic E-state index is 11.4. The largest absolute Gasteiger partial charge is 0.481 e. The highest BCUT2D eigenvalue weighted by molar-refractivity contribution is 5.82. The van der Waals surface area contributed by atoms with Gasteiger partial charge in [0.05, 0.1) is 24.8 Å². The van der Waals surface area contributed by atoms with Crippen molar-refractivity contribution in [2.24, 2.45) is 5.73 Å². The number of carboxylic acid groups (broad SMARTS) is 1. The monoisotopic (exact) mass is 234 g/mol. The summed E-state index contributed by atoms with van der Waals surface area (Å²) in [5.41, 5.74) is 4.30. The molecule has 0 aliphatic carbocycles. The number of hydrogen-bond donors (Lipinski definition) is 5. The molecule has 0 aliphatic rings. The third-order valence-corrected chi connectivity index (χ3v) is 2.13. The van der Waals surface area contributed by atoms with E-state index in [0.717, 1.165) is 0 Å². The number of nitrogens with one attached hydrogen (secondary N) is 1. The van der Waals surface area contributed by atoms with E-state index in [2.05, 4.69) is 5.32 Å². The molecule has 0 aromatic heterocycles. The van der Waals surface area contributed by atoms with Gasteiger partial charge in [0.25, 0.3) is 0 Å². The normalized spacial score (nSPS) is 13.2. The van der Waals surface area contributed by atoms with Gasteiger partial charge in [-0.1, -0.05) is 0 Å². The molecule has 0 heterocycles. The lowest BCUT2D eigenvalue weighted by Crippen LogP contribution is -2.56. The van der Waals surface area contributed by atoms with Gasteiger partial charge in [-0.2, -0.15) is 0 Å². The summed E-state index contributed by atoms with van der Waals surface area (Å²) in [4.78, 5) is 21.7. The summed E-state index contributed by atoms with van der Waals surface area (Å²) in [5, 5.41) is 28.6. The van der Waals surface area contributed by atoms with Gasteiger partial charge >= 0.3 is 5.97 Å². The Morgan fingerprint density at radius 3 is 2.25 bits per heavy atom. The molecule has 0 rings (SSSR count). The fourth-order valence-corrected chi connectivity index (χ4v) is 0.929. The Balaban J connectivity index is 4.18. The van der Waals surface area contributed by atoms with Gasteiger partial charge in [0.2, 0.25) is 5.91 Å². The second-order valence-electron chi connectivity index (χ2n) is 3.91. The Morgan fingerprint density at radius 2 is 1.88 bits per heavy atom. The Morgan fingerprint density at radius 1 is 1.38 bits per heavy atom. The van der Waals surface area contributed by atoms with E-state index in [-0.39, 0.29) is 12.8 Å². The van der Waals surface area contributed by atoms with Gasteiger partial charge < -0.3 is 26.4 Å². The lowest BCUT2D eigenvalue weighted by atomic mass is 10.0. The molecule has 1 atom stereocenters. The van der Waals surface area contributed by atoms with Crippen LogP contribution >= 0.6 is 0 Å².